The van der Waals surface area contributed by atoms with Crippen LogP contribution in [0.25, 0.3) is 22.8 Å². The summed E-state index contributed by atoms with van der Waals surface area (Å²) in [4.78, 5) is 12.2. The van der Waals surface area contributed by atoms with Gasteiger partial charge in [-0.25, -0.2) is 13.1 Å². The van der Waals surface area contributed by atoms with Crippen LogP contribution in [0, 0.1) is 6.92 Å². The minimum atomic E-state index is -3.64. The van der Waals surface area contributed by atoms with E-state index >= 15 is 0 Å². The smallest absolute Gasteiger partial charge is 0.257 e. The van der Waals surface area contributed by atoms with Gasteiger partial charge in [-0.05, 0) is 43.7 Å². The minimum absolute atomic E-state index is 0.0600. The summed E-state index contributed by atoms with van der Waals surface area (Å²) in [6.45, 7) is 3.83. The Kier molecular flexibility index (Phi) is 6.67. The molecule has 0 spiro atoms. The fourth-order valence-electron chi connectivity index (χ4n) is 3.38. The van der Waals surface area contributed by atoms with Gasteiger partial charge in [0.05, 0.1) is 17.0 Å². The molecule has 0 aliphatic rings. The van der Waals surface area contributed by atoms with Crippen LogP contribution in [0.5, 0.6) is 0 Å². The lowest BCUT2D eigenvalue weighted by Gasteiger charge is -2.08. The van der Waals surface area contributed by atoms with Gasteiger partial charge in [-0.2, -0.15) is 5.10 Å². The molecule has 0 atom stereocenters. The zero-order valence-corrected chi connectivity index (χ0v) is 18.8. The number of nitrogens with one attached hydrogen (secondary N) is 1. The van der Waals surface area contributed by atoms with E-state index in [9.17, 15) is 13.2 Å². The number of fused-ring (bicyclic) bond motifs is 1. The fourth-order valence-corrected chi connectivity index (χ4v) is 4.62. The number of aryl methyl sites for hydroxylation is 2. The highest BCUT2D eigenvalue weighted by atomic mass is 35.5. The number of amides is 1. The molecule has 1 amide bonds. The molecule has 0 unspecified atom stereocenters. The van der Waals surface area contributed by atoms with Crippen LogP contribution in [0.15, 0.2) is 36.5 Å². The molecule has 1 N–H and O–H groups in total. The molecule has 1 aromatic carbocycles. The van der Waals surface area contributed by atoms with Crippen LogP contribution in [0.1, 0.15) is 37.4 Å². The van der Waals surface area contributed by atoms with E-state index < -0.39 is 15.9 Å². The predicted octanol–water partition coefficient (Wildman–Crippen LogP) is 3.98. The van der Waals surface area contributed by atoms with Gasteiger partial charge in [0.25, 0.3) is 5.91 Å². The van der Waals surface area contributed by atoms with Gasteiger partial charge in [-0.1, -0.05) is 31.4 Å². The van der Waals surface area contributed by atoms with Gasteiger partial charge in [0.2, 0.25) is 10.0 Å². The molecule has 0 aliphatic carbocycles. The summed E-state index contributed by atoms with van der Waals surface area (Å²) < 4.78 is 29.8. The maximum Gasteiger partial charge on any atom is 0.257 e. The van der Waals surface area contributed by atoms with E-state index in [1.165, 1.54) is 6.08 Å². The average Bonchev–Trinajstić information content (AvgIpc) is 3.18. The van der Waals surface area contributed by atoms with E-state index in [1.54, 1.807) is 10.8 Å². The molecule has 0 aliphatic heterocycles. The van der Waals surface area contributed by atoms with E-state index in [-0.39, 0.29) is 5.75 Å². The number of rotatable bonds is 8. The largest absolute Gasteiger partial charge is 0.301 e. The number of aromatic nitrogens is 3. The second kappa shape index (κ2) is 9.06. The van der Waals surface area contributed by atoms with Crippen LogP contribution < -0.4 is 4.72 Å². The zero-order valence-electron chi connectivity index (χ0n) is 17.2. The third-order valence-electron chi connectivity index (χ3n) is 4.79. The molecule has 0 bridgehead atoms. The first-order valence-corrected chi connectivity index (χ1v) is 11.8. The molecule has 2 heterocycles. The Bertz CT molecular complexity index is 1210. The summed E-state index contributed by atoms with van der Waals surface area (Å²) >= 11 is 6.09. The lowest BCUT2D eigenvalue weighted by molar-refractivity contribution is -0.114. The molecule has 160 valence electrons. The number of nitrogens with zero attached hydrogens (tertiary/aromatic N) is 3. The van der Waals surface area contributed by atoms with Crippen LogP contribution in [-0.4, -0.2) is 34.4 Å². The predicted molar refractivity (Wildman–Crippen MR) is 120 cm³/mol. The maximum atomic E-state index is 12.2. The number of halogens is 1. The summed E-state index contributed by atoms with van der Waals surface area (Å²) in [5, 5.41) is 6.09. The first-order valence-electron chi connectivity index (χ1n) is 9.75. The highest BCUT2D eigenvalue weighted by molar-refractivity contribution is 7.90. The normalized spacial score (nSPS) is 12.1. The van der Waals surface area contributed by atoms with Crippen LogP contribution >= 0.6 is 11.6 Å². The van der Waals surface area contributed by atoms with Crippen LogP contribution in [0.3, 0.4) is 0 Å². The second-order valence-electron chi connectivity index (χ2n) is 7.16. The first-order chi connectivity index (χ1) is 14.2. The molecule has 0 radical (unpaired) electrons. The molecule has 3 rings (SSSR count). The zero-order chi connectivity index (χ0) is 21.9. The maximum absolute atomic E-state index is 12.2. The number of carbonyl (C=O) groups excluding carboxylic acids is 1. The molecule has 0 saturated carbocycles. The van der Waals surface area contributed by atoms with E-state index in [1.807, 2.05) is 55.9 Å². The van der Waals surface area contributed by atoms with Crippen molar-refractivity contribution in [2.45, 2.75) is 33.1 Å². The van der Waals surface area contributed by atoms with E-state index in [0.29, 0.717) is 11.4 Å². The Balaban J connectivity index is 1.88. The van der Waals surface area contributed by atoms with Crippen molar-refractivity contribution in [2.24, 2.45) is 7.05 Å². The number of hydrogen-bond donors (Lipinski definition) is 1. The van der Waals surface area contributed by atoms with Gasteiger partial charge >= 0.3 is 0 Å². The average molecular weight is 449 g/mol. The highest BCUT2D eigenvalue weighted by Gasteiger charge is 2.16. The third-order valence-corrected chi connectivity index (χ3v) is 6.37. The van der Waals surface area contributed by atoms with Crippen LogP contribution in [-0.2, 0) is 21.9 Å². The molecule has 3 aromatic rings. The van der Waals surface area contributed by atoms with Crippen molar-refractivity contribution in [1.29, 1.82) is 0 Å². The standard InChI is InChI=1S/C21H25ClN4O3S/c1-4-5-6-13-30(28,29)24-20(27)10-8-18-15(2)23-25(3)21(18)26-12-11-16-14-17(22)7-9-19(16)26/h7-12,14H,4-6,13H2,1-3H3,(H,24,27). The number of sulfonamides is 1. The second-order valence-corrected chi connectivity index (χ2v) is 9.44. The first kappa shape index (κ1) is 22.1. The van der Waals surface area contributed by atoms with Crippen molar-refractivity contribution in [3.05, 3.63) is 52.8 Å². The molecular weight excluding hydrogens is 424 g/mol. The highest BCUT2D eigenvalue weighted by Crippen LogP contribution is 2.27. The molecule has 9 heteroatoms. The van der Waals surface area contributed by atoms with Gasteiger partial charge in [-0.3, -0.25) is 9.48 Å². The summed E-state index contributed by atoms with van der Waals surface area (Å²) in [5.41, 5.74) is 2.39. The number of benzene rings is 1. The van der Waals surface area contributed by atoms with Gasteiger partial charge in [-0.15, -0.1) is 0 Å². The SMILES string of the molecule is CCCCCS(=O)(=O)NC(=O)C=Cc1c(C)nn(C)c1-n1ccc2cc(Cl)ccc21. The minimum Gasteiger partial charge on any atom is -0.301 e. The Morgan fingerprint density at radius 3 is 2.77 bits per heavy atom. The van der Waals surface area contributed by atoms with Gasteiger partial charge < -0.3 is 4.57 Å². The Hall–Kier alpha value is -2.58. The lowest BCUT2D eigenvalue weighted by Crippen LogP contribution is -2.31. The van der Waals surface area contributed by atoms with Crippen molar-refractivity contribution >= 4 is 44.5 Å². The van der Waals surface area contributed by atoms with E-state index in [0.717, 1.165) is 40.8 Å². The van der Waals surface area contributed by atoms with E-state index in [4.69, 9.17) is 11.6 Å². The van der Waals surface area contributed by atoms with Gasteiger partial charge in [0.15, 0.2) is 0 Å². The number of carbonyl (C=O) groups is 1. The quantitative estimate of drug-likeness (QED) is 0.417. The molecule has 0 saturated heterocycles. The molecular formula is C21H25ClN4O3S. The summed E-state index contributed by atoms with van der Waals surface area (Å²) in [6.07, 6.45) is 6.97. The Morgan fingerprint density at radius 1 is 1.27 bits per heavy atom. The molecule has 7 nitrogen and oxygen atoms in total. The van der Waals surface area contributed by atoms with Crippen molar-refractivity contribution in [3.8, 4) is 5.82 Å². The Morgan fingerprint density at radius 2 is 2.03 bits per heavy atom. The van der Waals surface area contributed by atoms with Gasteiger partial charge in [0.1, 0.15) is 5.82 Å². The van der Waals surface area contributed by atoms with Crippen LogP contribution in [0.4, 0.5) is 0 Å². The van der Waals surface area contributed by atoms with E-state index in [2.05, 4.69) is 9.82 Å². The molecule has 0 fully saturated rings. The summed E-state index contributed by atoms with van der Waals surface area (Å²) in [6, 6.07) is 7.56. The monoisotopic (exact) mass is 448 g/mol. The lowest BCUT2D eigenvalue weighted by atomic mass is 10.2. The topological polar surface area (TPSA) is 86.0 Å². The number of hydrogen-bond acceptors (Lipinski definition) is 4. The van der Waals surface area contributed by atoms with Crippen molar-refractivity contribution in [1.82, 2.24) is 19.1 Å². The van der Waals surface area contributed by atoms with Crippen molar-refractivity contribution < 1.29 is 13.2 Å². The van der Waals surface area contributed by atoms with Crippen LogP contribution in [0.2, 0.25) is 5.02 Å². The Labute approximate surface area is 181 Å². The van der Waals surface area contributed by atoms with Crippen molar-refractivity contribution in [2.75, 3.05) is 5.75 Å². The summed E-state index contributed by atoms with van der Waals surface area (Å²) in [5.74, 6) is 0.0275. The molecule has 30 heavy (non-hydrogen) atoms. The van der Waals surface area contributed by atoms with Crippen molar-refractivity contribution in [3.63, 3.8) is 0 Å². The third kappa shape index (κ3) is 4.94. The summed E-state index contributed by atoms with van der Waals surface area (Å²) in [7, 11) is -1.82. The van der Waals surface area contributed by atoms with Gasteiger partial charge in [0, 0.05) is 35.3 Å². The fraction of sp³-hybridized carbons (Fsp3) is 0.333. The number of unbranched alkanes of at least 4 members (excludes halogenated alkanes) is 2. The molecule has 2 aromatic heterocycles.